The second-order valence-corrected chi connectivity index (χ2v) is 3.73. The number of nitrogens with zero attached hydrogens (tertiary/aromatic N) is 1. The van der Waals surface area contributed by atoms with Gasteiger partial charge < -0.3 is 4.74 Å². The molecule has 2 aromatic rings. The molecular weight excluding hydrogens is 261 g/mol. The third-order valence-corrected chi connectivity index (χ3v) is 2.22. The van der Waals surface area contributed by atoms with Gasteiger partial charge in [-0.15, -0.1) is 0 Å². The number of amides is 1. The van der Waals surface area contributed by atoms with E-state index in [2.05, 4.69) is 15.0 Å². The average Bonchev–Trinajstić information content (AvgIpc) is 2.35. The second-order valence-electron chi connectivity index (χ2n) is 3.73. The number of halogens is 3. The van der Waals surface area contributed by atoms with Crippen LogP contribution in [0, 0.1) is 0 Å². The largest absolute Gasteiger partial charge is 0.440 e. The summed E-state index contributed by atoms with van der Waals surface area (Å²) in [5, 5.41) is 2.98. The number of rotatable bonds is 2. The minimum absolute atomic E-state index is 0.340. The summed E-state index contributed by atoms with van der Waals surface area (Å²) in [4.78, 5) is 15.2. The van der Waals surface area contributed by atoms with Crippen molar-refractivity contribution in [1.82, 2.24) is 4.98 Å². The molecule has 0 aliphatic carbocycles. The molecule has 0 aliphatic rings. The first-order valence-electron chi connectivity index (χ1n) is 5.29. The first-order valence-corrected chi connectivity index (χ1v) is 5.29. The summed E-state index contributed by atoms with van der Waals surface area (Å²) < 4.78 is 39.6. The monoisotopic (exact) mass is 270 g/mol. The normalized spacial score (nSPS) is 11.3. The third kappa shape index (κ3) is 3.84. The van der Waals surface area contributed by atoms with E-state index < -0.39 is 18.9 Å². The molecule has 1 aromatic carbocycles. The van der Waals surface area contributed by atoms with Gasteiger partial charge in [0, 0.05) is 17.3 Å². The first-order chi connectivity index (χ1) is 8.94. The quantitative estimate of drug-likeness (QED) is 0.910. The molecule has 1 heterocycles. The Morgan fingerprint density at radius 1 is 1.32 bits per heavy atom. The molecule has 19 heavy (non-hydrogen) atoms. The number of ether oxygens (including phenoxy) is 1. The highest BCUT2D eigenvalue weighted by molar-refractivity contribution is 5.89. The summed E-state index contributed by atoms with van der Waals surface area (Å²) in [6.45, 7) is -1.62. The number of anilines is 1. The standard InChI is InChI=1S/C12H9F3N2O2/c13-12(14,15)7-19-11(18)17-9-3-4-10-8(6-9)2-1-5-16-10/h1-6H,7H2,(H,17,18). The van der Waals surface area contributed by atoms with Crippen molar-refractivity contribution in [2.45, 2.75) is 6.18 Å². The Kier molecular flexibility index (Phi) is 3.55. The number of aromatic nitrogens is 1. The molecule has 0 unspecified atom stereocenters. The van der Waals surface area contributed by atoms with Gasteiger partial charge in [-0.3, -0.25) is 10.3 Å². The van der Waals surface area contributed by atoms with Gasteiger partial charge in [-0.1, -0.05) is 6.07 Å². The Labute approximate surface area is 106 Å². The molecular formula is C12H9F3N2O2. The summed E-state index contributed by atoms with van der Waals surface area (Å²) in [6.07, 6.45) is -4.07. The van der Waals surface area contributed by atoms with Gasteiger partial charge in [0.15, 0.2) is 6.61 Å². The zero-order valence-electron chi connectivity index (χ0n) is 9.57. The third-order valence-electron chi connectivity index (χ3n) is 2.22. The van der Waals surface area contributed by atoms with Gasteiger partial charge in [-0.05, 0) is 24.3 Å². The van der Waals surface area contributed by atoms with Crippen molar-refractivity contribution in [3.63, 3.8) is 0 Å². The molecule has 1 N–H and O–H groups in total. The van der Waals surface area contributed by atoms with E-state index in [1.165, 1.54) is 6.07 Å². The molecule has 1 amide bonds. The van der Waals surface area contributed by atoms with E-state index in [-0.39, 0.29) is 0 Å². The van der Waals surface area contributed by atoms with Crippen LogP contribution in [0.5, 0.6) is 0 Å². The van der Waals surface area contributed by atoms with Gasteiger partial charge in [-0.25, -0.2) is 4.79 Å². The van der Waals surface area contributed by atoms with E-state index in [0.717, 1.165) is 10.9 Å². The number of fused-ring (bicyclic) bond motifs is 1. The van der Waals surface area contributed by atoms with Crippen LogP contribution in [0.4, 0.5) is 23.7 Å². The number of pyridine rings is 1. The summed E-state index contributed by atoms with van der Waals surface area (Å²) in [6, 6.07) is 8.26. The van der Waals surface area contributed by atoms with E-state index in [1.807, 2.05) is 0 Å². The van der Waals surface area contributed by atoms with E-state index >= 15 is 0 Å². The molecule has 0 atom stereocenters. The maximum Gasteiger partial charge on any atom is 0.422 e. The van der Waals surface area contributed by atoms with Crippen molar-refractivity contribution < 1.29 is 22.7 Å². The van der Waals surface area contributed by atoms with Crippen LogP contribution in [0.1, 0.15) is 0 Å². The lowest BCUT2D eigenvalue weighted by Crippen LogP contribution is -2.23. The molecule has 0 bridgehead atoms. The predicted octanol–water partition coefficient (Wildman–Crippen LogP) is 3.35. The van der Waals surface area contributed by atoms with Gasteiger partial charge in [0.1, 0.15) is 0 Å². The molecule has 0 fully saturated rings. The first kappa shape index (κ1) is 13.1. The van der Waals surface area contributed by atoms with Crippen LogP contribution < -0.4 is 5.32 Å². The van der Waals surface area contributed by atoms with Crippen molar-refractivity contribution >= 4 is 22.7 Å². The van der Waals surface area contributed by atoms with Crippen molar-refractivity contribution in [3.8, 4) is 0 Å². The Hall–Kier alpha value is -2.31. The lowest BCUT2D eigenvalue weighted by molar-refractivity contribution is -0.159. The molecule has 4 nitrogen and oxygen atoms in total. The number of carbonyl (C=O) groups is 1. The highest BCUT2D eigenvalue weighted by Gasteiger charge is 2.29. The molecule has 0 spiro atoms. The van der Waals surface area contributed by atoms with Gasteiger partial charge in [-0.2, -0.15) is 13.2 Å². The van der Waals surface area contributed by atoms with Crippen molar-refractivity contribution in [2.24, 2.45) is 0 Å². The van der Waals surface area contributed by atoms with Crippen LogP contribution in [0.25, 0.3) is 10.9 Å². The number of benzene rings is 1. The van der Waals surface area contributed by atoms with Crippen LogP contribution in [-0.2, 0) is 4.74 Å². The maximum atomic E-state index is 11.8. The fourth-order valence-electron chi connectivity index (χ4n) is 1.45. The Morgan fingerprint density at radius 2 is 2.11 bits per heavy atom. The number of carbonyl (C=O) groups excluding carboxylic acids is 1. The number of nitrogens with one attached hydrogen (secondary N) is 1. The lowest BCUT2D eigenvalue weighted by Gasteiger charge is -2.09. The highest BCUT2D eigenvalue weighted by atomic mass is 19.4. The lowest BCUT2D eigenvalue weighted by atomic mass is 10.2. The van der Waals surface area contributed by atoms with Gasteiger partial charge >= 0.3 is 12.3 Å². The number of alkyl halides is 3. The average molecular weight is 270 g/mol. The van der Waals surface area contributed by atoms with Crippen LogP contribution in [0.15, 0.2) is 36.5 Å². The van der Waals surface area contributed by atoms with E-state index in [9.17, 15) is 18.0 Å². The Bertz CT molecular complexity index is 599. The smallest absolute Gasteiger partial charge is 0.422 e. The molecule has 2 rings (SSSR count). The summed E-state index contributed by atoms with van der Waals surface area (Å²) in [5.41, 5.74) is 1.06. The molecule has 7 heteroatoms. The van der Waals surface area contributed by atoms with Crippen LogP contribution >= 0.6 is 0 Å². The highest BCUT2D eigenvalue weighted by Crippen LogP contribution is 2.18. The zero-order chi connectivity index (χ0) is 13.9. The molecule has 0 radical (unpaired) electrons. The molecule has 1 aromatic heterocycles. The minimum Gasteiger partial charge on any atom is -0.440 e. The van der Waals surface area contributed by atoms with E-state index in [0.29, 0.717) is 5.69 Å². The Balaban J connectivity index is 2.03. The molecule has 0 aliphatic heterocycles. The minimum atomic E-state index is -4.54. The summed E-state index contributed by atoms with van der Waals surface area (Å²) >= 11 is 0. The van der Waals surface area contributed by atoms with Crippen LogP contribution in [0.2, 0.25) is 0 Å². The topological polar surface area (TPSA) is 51.2 Å². The van der Waals surface area contributed by atoms with E-state index in [1.54, 1.807) is 30.5 Å². The van der Waals surface area contributed by atoms with Crippen molar-refractivity contribution in [2.75, 3.05) is 11.9 Å². The van der Waals surface area contributed by atoms with Crippen molar-refractivity contribution in [3.05, 3.63) is 36.5 Å². The molecule has 100 valence electrons. The number of hydrogen-bond acceptors (Lipinski definition) is 3. The zero-order valence-corrected chi connectivity index (χ0v) is 9.57. The van der Waals surface area contributed by atoms with Crippen LogP contribution in [0.3, 0.4) is 0 Å². The summed E-state index contributed by atoms with van der Waals surface area (Å²) in [5.74, 6) is 0. The van der Waals surface area contributed by atoms with Gasteiger partial charge in [0.05, 0.1) is 5.52 Å². The molecule has 0 saturated heterocycles. The van der Waals surface area contributed by atoms with Crippen LogP contribution in [-0.4, -0.2) is 23.9 Å². The molecule has 0 saturated carbocycles. The van der Waals surface area contributed by atoms with Gasteiger partial charge in [0.25, 0.3) is 0 Å². The number of hydrogen-bond donors (Lipinski definition) is 1. The van der Waals surface area contributed by atoms with E-state index in [4.69, 9.17) is 0 Å². The fraction of sp³-hybridized carbons (Fsp3) is 0.167. The van der Waals surface area contributed by atoms with Crippen molar-refractivity contribution in [1.29, 1.82) is 0 Å². The SMILES string of the molecule is O=C(Nc1ccc2ncccc2c1)OCC(F)(F)F. The Morgan fingerprint density at radius 3 is 2.84 bits per heavy atom. The predicted molar refractivity (Wildman–Crippen MR) is 62.8 cm³/mol. The fourth-order valence-corrected chi connectivity index (χ4v) is 1.45. The maximum absolute atomic E-state index is 11.8. The van der Waals surface area contributed by atoms with Gasteiger partial charge in [0.2, 0.25) is 0 Å². The second kappa shape index (κ2) is 5.13. The summed E-state index contributed by atoms with van der Waals surface area (Å²) in [7, 11) is 0.